The van der Waals surface area contributed by atoms with E-state index in [9.17, 15) is 14.7 Å². The minimum atomic E-state index is -1.99. The molecule has 1 aliphatic heterocycles. The topological polar surface area (TPSA) is 131 Å². The van der Waals surface area contributed by atoms with Crippen LogP contribution in [-0.4, -0.2) is 46.1 Å². The van der Waals surface area contributed by atoms with E-state index in [1.807, 2.05) is 0 Å². The number of aliphatic hydroxyl groups is 1. The molecule has 2 aromatic rings. The van der Waals surface area contributed by atoms with Crippen LogP contribution in [0.3, 0.4) is 0 Å². The van der Waals surface area contributed by atoms with E-state index in [4.69, 9.17) is 5.26 Å². The van der Waals surface area contributed by atoms with Crippen LogP contribution in [0, 0.1) is 11.3 Å². The molecule has 0 unspecified atom stereocenters. The summed E-state index contributed by atoms with van der Waals surface area (Å²) in [5.41, 5.74) is -1.23. The van der Waals surface area contributed by atoms with E-state index in [1.54, 1.807) is 36.4 Å². The molecule has 9 nitrogen and oxygen atoms in total. The maximum Gasteiger partial charge on any atom is 0.273 e. The number of nitriles is 1. The summed E-state index contributed by atoms with van der Waals surface area (Å²) >= 11 is 0. The van der Waals surface area contributed by atoms with Crippen LogP contribution in [0.2, 0.25) is 0 Å². The van der Waals surface area contributed by atoms with Crippen LogP contribution >= 0.6 is 0 Å². The molecule has 3 heterocycles. The highest BCUT2D eigenvalue weighted by atomic mass is 16.3. The lowest BCUT2D eigenvalue weighted by Crippen LogP contribution is -2.38. The largest absolute Gasteiger partial charge is 0.368 e. The van der Waals surface area contributed by atoms with E-state index in [0.29, 0.717) is 17.3 Å². The summed E-state index contributed by atoms with van der Waals surface area (Å²) in [6, 6.07) is 9.81. The van der Waals surface area contributed by atoms with Gasteiger partial charge in [0.05, 0.1) is 0 Å². The number of aromatic nitrogens is 2. The maximum absolute atomic E-state index is 12.2. The molecule has 0 spiro atoms. The predicted molar refractivity (Wildman–Crippen MR) is 92.7 cm³/mol. The van der Waals surface area contributed by atoms with Crippen LogP contribution in [-0.2, 0) is 4.79 Å². The lowest BCUT2D eigenvalue weighted by molar-refractivity contribution is -0.128. The van der Waals surface area contributed by atoms with Gasteiger partial charge in [0.1, 0.15) is 23.4 Å². The fourth-order valence-corrected chi connectivity index (χ4v) is 2.60. The normalized spacial score (nSPS) is 19.1. The number of nitrogens with one attached hydrogen (secondary N) is 2. The average molecular weight is 352 g/mol. The minimum Gasteiger partial charge on any atom is -0.368 e. The van der Waals surface area contributed by atoms with Crippen molar-refractivity contribution in [3.8, 4) is 6.07 Å². The molecule has 1 atom stereocenters. The van der Waals surface area contributed by atoms with Gasteiger partial charge >= 0.3 is 0 Å². The Morgan fingerprint density at radius 1 is 1.38 bits per heavy atom. The summed E-state index contributed by atoms with van der Waals surface area (Å²) < 4.78 is 0. The molecule has 9 heteroatoms. The number of rotatable bonds is 4. The Balaban J connectivity index is 1.82. The standard InChI is InChI=1S/C17H16N6O3/c1-19-15(24)12-3-2-4-13(21-12)22-14-9-11(5-7-20-14)23-8-6-17(26,10-18)16(23)25/h2-5,7,9,26H,6,8H2,1H3,(H,19,24)(H,20,21,22)/t17-/m0/s1. The number of anilines is 3. The van der Waals surface area contributed by atoms with Gasteiger partial charge in [-0.25, -0.2) is 9.97 Å². The Morgan fingerprint density at radius 3 is 2.88 bits per heavy atom. The number of nitrogens with zero attached hydrogens (tertiary/aromatic N) is 4. The molecule has 0 aromatic carbocycles. The first kappa shape index (κ1) is 17.3. The van der Waals surface area contributed by atoms with Gasteiger partial charge in [-0.2, -0.15) is 5.26 Å². The van der Waals surface area contributed by atoms with Gasteiger partial charge in [-0.3, -0.25) is 9.59 Å². The zero-order valence-corrected chi connectivity index (χ0v) is 13.9. The van der Waals surface area contributed by atoms with Gasteiger partial charge in [-0.05, 0) is 18.2 Å². The molecule has 1 saturated heterocycles. The lowest BCUT2D eigenvalue weighted by Gasteiger charge is -2.18. The Labute approximate surface area is 149 Å². The molecule has 2 amide bonds. The number of carbonyl (C=O) groups excluding carboxylic acids is 2. The Morgan fingerprint density at radius 2 is 2.19 bits per heavy atom. The Hall–Kier alpha value is -3.51. The number of hydrogen-bond donors (Lipinski definition) is 3. The fourth-order valence-electron chi connectivity index (χ4n) is 2.60. The smallest absolute Gasteiger partial charge is 0.273 e. The van der Waals surface area contributed by atoms with Gasteiger partial charge in [0.15, 0.2) is 0 Å². The van der Waals surface area contributed by atoms with Gasteiger partial charge in [0.2, 0.25) is 5.60 Å². The van der Waals surface area contributed by atoms with Crippen molar-refractivity contribution in [2.45, 2.75) is 12.0 Å². The zero-order chi connectivity index (χ0) is 18.7. The first-order valence-electron chi connectivity index (χ1n) is 7.84. The molecule has 0 bridgehead atoms. The second-order valence-corrected chi connectivity index (χ2v) is 5.69. The molecular formula is C17H16N6O3. The SMILES string of the molecule is CNC(=O)c1cccc(Nc2cc(N3CC[C@](O)(C#N)C3=O)ccn2)n1. The van der Waals surface area contributed by atoms with Crippen LogP contribution < -0.4 is 15.5 Å². The summed E-state index contributed by atoms with van der Waals surface area (Å²) in [7, 11) is 1.52. The van der Waals surface area contributed by atoms with Crippen LogP contribution in [0.5, 0.6) is 0 Å². The molecule has 1 fully saturated rings. The second kappa shape index (κ2) is 6.78. The molecular weight excluding hydrogens is 336 g/mol. The molecule has 3 rings (SSSR count). The van der Waals surface area contributed by atoms with Crippen molar-refractivity contribution in [1.29, 1.82) is 5.26 Å². The van der Waals surface area contributed by atoms with Crippen molar-refractivity contribution in [2.75, 3.05) is 23.8 Å². The summed E-state index contributed by atoms with van der Waals surface area (Å²) in [4.78, 5) is 33.6. The first-order valence-corrected chi connectivity index (χ1v) is 7.84. The van der Waals surface area contributed by atoms with E-state index in [2.05, 4.69) is 20.6 Å². The van der Waals surface area contributed by atoms with E-state index in [0.717, 1.165) is 0 Å². The fraction of sp³-hybridized carbons (Fsp3) is 0.235. The van der Waals surface area contributed by atoms with Crippen molar-refractivity contribution in [3.05, 3.63) is 42.2 Å². The Bertz CT molecular complexity index is 909. The van der Waals surface area contributed by atoms with Crippen LogP contribution in [0.25, 0.3) is 0 Å². The van der Waals surface area contributed by atoms with E-state index < -0.39 is 11.5 Å². The van der Waals surface area contributed by atoms with Crippen molar-refractivity contribution in [1.82, 2.24) is 15.3 Å². The van der Waals surface area contributed by atoms with E-state index in [-0.39, 0.29) is 24.6 Å². The summed E-state index contributed by atoms with van der Waals surface area (Å²) in [6.45, 7) is 0.233. The predicted octanol–water partition coefficient (Wildman–Crippen LogP) is 0.571. The van der Waals surface area contributed by atoms with E-state index >= 15 is 0 Å². The maximum atomic E-state index is 12.2. The van der Waals surface area contributed by atoms with Gasteiger partial charge in [-0.1, -0.05) is 6.07 Å². The van der Waals surface area contributed by atoms with Crippen LogP contribution in [0.4, 0.5) is 17.3 Å². The summed E-state index contributed by atoms with van der Waals surface area (Å²) in [6.07, 6.45) is 1.54. The van der Waals surface area contributed by atoms with Gasteiger partial charge in [0.25, 0.3) is 11.8 Å². The highest BCUT2D eigenvalue weighted by Gasteiger charge is 2.46. The van der Waals surface area contributed by atoms with Gasteiger partial charge in [-0.15, -0.1) is 0 Å². The molecule has 132 valence electrons. The third kappa shape index (κ3) is 3.18. The molecule has 26 heavy (non-hydrogen) atoms. The molecule has 0 radical (unpaired) electrons. The molecule has 2 aromatic heterocycles. The number of pyridine rings is 2. The lowest BCUT2D eigenvalue weighted by atomic mass is 10.1. The average Bonchev–Trinajstić information content (AvgIpc) is 2.97. The zero-order valence-electron chi connectivity index (χ0n) is 13.9. The highest BCUT2D eigenvalue weighted by Crippen LogP contribution is 2.29. The molecule has 0 aliphatic carbocycles. The van der Waals surface area contributed by atoms with Crippen molar-refractivity contribution in [3.63, 3.8) is 0 Å². The first-order chi connectivity index (χ1) is 12.5. The second-order valence-electron chi connectivity index (χ2n) is 5.69. The van der Waals surface area contributed by atoms with E-state index in [1.165, 1.54) is 18.1 Å². The molecule has 1 aliphatic rings. The number of carbonyl (C=O) groups is 2. The summed E-state index contributed by atoms with van der Waals surface area (Å²) in [5, 5.41) is 24.4. The van der Waals surface area contributed by atoms with Crippen molar-refractivity contribution in [2.24, 2.45) is 0 Å². The molecule has 0 saturated carbocycles. The monoisotopic (exact) mass is 352 g/mol. The number of hydrogen-bond acceptors (Lipinski definition) is 7. The third-order valence-electron chi connectivity index (χ3n) is 4.00. The van der Waals surface area contributed by atoms with Crippen LogP contribution in [0.15, 0.2) is 36.5 Å². The minimum absolute atomic E-state index is 0.0448. The van der Waals surface area contributed by atoms with Crippen LogP contribution in [0.1, 0.15) is 16.9 Å². The van der Waals surface area contributed by atoms with Crippen molar-refractivity contribution < 1.29 is 14.7 Å². The van der Waals surface area contributed by atoms with Gasteiger partial charge < -0.3 is 20.6 Å². The number of amides is 2. The quantitative estimate of drug-likeness (QED) is 0.686. The van der Waals surface area contributed by atoms with Crippen molar-refractivity contribution >= 4 is 29.1 Å². The third-order valence-corrected chi connectivity index (χ3v) is 4.00. The highest BCUT2D eigenvalue weighted by molar-refractivity contribution is 6.03. The Kier molecular flexibility index (Phi) is 4.51. The molecule has 3 N–H and O–H groups in total. The van der Waals surface area contributed by atoms with Gasteiger partial charge in [0, 0.05) is 38.0 Å². The summed E-state index contributed by atoms with van der Waals surface area (Å²) in [5.74, 6) is -0.146.